The number of nitrogens with one attached hydrogen (secondary N) is 2. The monoisotopic (exact) mass is 345 g/mol. The number of rotatable bonds is 1. The molecule has 0 atom stereocenters. The molecule has 0 bridgehead atoms. The molecule has 0 saturated carbocycles. The first-order valence-electron chi connectivity index (χ1n) is 4.96. The molecule has 5 heteroatoms. The topological polar surface area (TPSA) is 40.2 Å². The van der Waals surface area contributed by atoms with Gasteiger partial charge in [-0.05, 0) is 6.07 Å². The van der Waals surface area contributed by atoms with Gasteiger partial charge in [-0.3, -0.25) is 4.99 Å². The fourth-order valence-corrected chi connectivity index (χ4v) is 2.62. The number of hydrogen-bond donors (Lipinski definition) is 2. The van der Waals surface area contributed by atoms with E-state index in [2.05, 4.69) is 33.5 Å². The summed E-state index contributed by atoms with van der Waals surface area (Å²) >= 11 is 1.69. The van der Waals surface area contributed by atoms with Crippen LogP contribution in [0.3, 0.4) is 0 Å². The van der Waals surface area contributed by atoms with Gasteiger partial charge in [0.25, 0.3) is 0 Å². The molecule has 0 fully saturated rings. The third-order valence-corrected chi connectivity index (χ3v) is 3.43. The minimum Gasteiger partial charge on any atom is -0.363 e. The van der Waals surface area contributed by atoms with Crippen LogP contribution in [-0.4, -0.2) is 23.2 Å². The molecule has 3 rings (SSSR count). The summed E-state index contributed by atoms with van der Waals surface area (Å²) in [5.74, 6) is 0. The Hall–Kier alpha value is -0.690. The predicted octanol–water partition coefficient (Wildman–Crippen LogP) is 2.84. The van der Waals surface area contributed by atoms with Crippen LogP contribution in [0.4, 0.5) is 0 Å². The number of thioether (sulfide) groups is 1. The molecule has 84 valence electrons. The number of aromatic amines is 1. The Balaban J connectivity index is 0.000000963. The fraction of sp³-hybridized carbons (Fsp3) is 0.182. The fourth-order valence-electron chi connectivity index (χ4n) is 1.68. The van der Waals surface area contributed by atoms with Crippen LogP contribution < -0.4 is 5.32 Å². The number of hydrogen-bond acceptors (Lipinski definition) is 3. The molecule has 0 spiro atoms. The van der Waals surface area contributed by atoms with Crippen LogP contribution in [0, 0.1) is 0 Å². The van der Waals surface area contributed by atoms with Gasteiger partial charge in [-0.25, -0.2) is 0 Å². The Morgan fingerprint density at radius 3 is 2.94 bits per heavy atom. The van der Waals surface area contributed by atoms with Gasteiger partial charge in [0, 0.05) is 28.5 Å². The van der Waals surface area contributed by atoms with E-state index in [9.17, 15) is 0 Å². The predicted molar refractivity (Wildman–Crippen MR) is 79.9 cm³/mol. The van der Waals surface area contributed by atoms with Crippen molar-refractivity contribution in [3.05, 3.63) is 30.5 Å². The van der Waals surface area contributed by atoms with Gasteiger partial charge in [0.2, 0.25) is 0 Å². The number of H-pyrrole nitrogens is 1. The molecular formula is C11H12IN3S. The van der Waals surface area contributed by atoms with E-state index < -0.39 is 0 Å². The standard InChI is InChI=1S/C11H11N3S.HI/c1-2-4-9-8(3-1)10(7-14-9)15-11-12-5-6-13-11;/h1-4,7,14H,5-6H2,(H,12,13);1H. The first-order chi connectivity index (χ1) is 7.43. The zero-order valence-corrected chi connectivity index (χ0v) is 11.7. The van der Waals surface area contributed by atoms with Gasteiger partial charge in [-0.2, -0.15) is 0 Å². The maximum absolute atomic E-state index is 4.37. The first kappa shape index (κ1) is 11.8. The molecule has 0 aliphatic carbocycles. The van der Waals surface area contributed by atoms with Crippen LogP contribution in [-0.2, 0) is 0 Å². The second-order valence-corrected chi connectivity index (χ2v) is 4.44. The Kier molecular flexibility index (Phi) is 3.75. The highest BCUT2D eigenvalue weighted by atomic mass is 127. The van der Waals surface area contributed by atoms with Crippen molar-refractivity contribution in [2.24, 2.45) is 4.99 Å². The Bertz CT molecular complexity index is 521. The number of amidine groups is 1. The summed E-state index contributed by atoms with van der Waals surface area (Å²) in [5, 5.41) is 5.55. The molecule has 0 unspecified atom stereocenters. The molecule has 0 saturated heterocycles. The van der Waals surface area contributed by atoms with Gasteiger partial charge in [0.1, 0.15) is 0 Å². The summed E-state index contributed by atoms with van der Waals surface area (Å²) < 4.78 is 0. The van der Waals surface area contributed by atoms with Crippen LogP contribution in [0.25, 0.3) is 10.9 Å². The minimum absolute atomic E-state index is 0. The van der Waals surface area contributed by atoms with Crippen LogP contribution in [0.15, 0.2) is 40.4 Å². The minimum atomic E-state index is 0. The van der Waals surface area contributed by atoms with Gasteiger partial charge in [0.05, 0.1) is 6.54 Å². The van der Waals surface area contributed by atoms with Crippen molar-refractivity contribution in [1.29, 1.82) is 0 Å². The second kappa shape index (κ2) is 5.09. The molecule has 0 amide bonds. The molecular weight excluding hydrogens is 333 g/mol. The normalized spacial score (nSPS) is 14.4. The molecule has 3 nitrogen and oxygen atoms in total. The Morgan fingerprint density at radius 2 is 2.12 bits per heavy atom. The number of benzene rings is 1. The third kappa shape index (κ3) is 2.20. The van der Waals surface area contributed by atoms with Crippen molar-refractivity contribution >= 4 is 51.8 Å². The van der Waals surface area contributed by atoms with E-state index in [0.29, 0.717) is 0 Å². The maximum Gasteiger partial charge on any atom is 0.161 e. The summed E-state index contributed by atoms with van der Waals surface area (Å²) in [6.07, 6.45) is 2.04. The average molecular weight is 345 g/mol. The van der Waals surface area contributed by atoms with Gasteiger partial charge >= 0.3 is 0 Å². The Labute approximate surface area is 115 Å². The van der Waals surface area contributed by atoms with Gasteiger partial charge in [-0.1, -0.05) is 30.0 Å². The molecule has 1 aliphatic rings. The Morgan fingerprint density at radius 1 is 1.25 bits per heavy atom. The van der Waals surface area contributed by atoms with Gasteiger partial charge in [0.15, 0.2) is 5.17 Å². The first-order valence-corrected chi connectivity index (χ1v) is 5.77. The summed E-state index contributed by atoms with van der Waals surface area (Å²) in [6.45, 7) is 1.86. The van der Waals surface area contributed by atoms with Crippen molar-refractivity contribution < 1.29 is 0 Å². The molecule has 0 radical (unpaired) electrons. The van der Waals surface area contributed by atoms with Crippen LogP contribution in [0.2, 0.25) is 0 Å². The zero-order chi connectivity index (χ0) is 10.1. The lowest BCUT2D eigenvalue weighted by Gasteiger charge is -1.99. The van der Waals surface area contributed by atoms with Gasteiger partial charge in [-0.15, -0.1) is 24.0 Å². The second-order valence-electron chi connectivity index (χ2n) is 3.41. The third-order valence-electron chi connectivity index (χ3n) is 2.40. The van der Waals surface area contributed by atoms with E-state index in [1.165, 1.54) is 15.8 Å². The molecule has 2 heterocycles. The smallest absolute Gasteiger partial charge is 0.161 e. The van der Waals surface area contributed by atoms with E-state index in [4.69, 9.17) is 0 Å². The lowest BCUT2D eigenvalue weighted by Crippen LogP contribution is -2.14. The van der Waals surface area contributed by atoms with Gasteiger partial charge < -0.3 is 10.3 Å². The number of aromatic nitrogens is 1. The van der Waals surface area contributed by atoms with Crippen molar-refractivity contribution in [3.63, 3.8) is 0 Å². The zero-order valence-electron chi connectivity index (χ0n) is 8.56. The van der Waals surface area contributed by atoms with Crippen molar-refractivity contribution in [3.8, 4) is 0 Å². The molecule has 1 aromatic heterocycles. The highest BCUT2D eigenvalue weighted by molar-refractivity contribution is 14.0. The van der Waals surface area contributed by atoms with Crippen LogP contribution in [0.5, 0.6) is 0 Å². The SMILES string of the molecule is I.c1ccc2c(SC3=NCCN3)c[nH]c2c1. The largest absolute Gasteiger partial charge is 0.363 e. The molecule has 2 N–H and O–H groups in total. The summed E-state index contributed by atoms with van der Waals surface area (Å²) in [5.41, 5.74) is 1.18. The summed E-state index contributed by atoms with van der Waals surface area (Å²) in [6, 6.07) is 8.32. The number of fused-ring (bicyclic) bond motifs is 1. The summed E-state index contributed by atoms with van der Waals surface area (Å²) in [4.78, 5) is 8.87. The highest BCUT2D eigenvalue weighted by Crippen LogP contribution is 2.28. The highest BCUT2D eigenvalue weighted by Gasteiger charge is 2.10. The lowest BCUT2D eigenvalue weighted by atomic mass is 10.2. The van der Waals surface area contributed by atoms with E-state index in [0.717, 1.165) is 18.3 Å². The van der Waals surface area contributed by atoms with Crippen molar-refractivity contribution in [2.75, 3.05) is 13.1 Å². The molecule has 1 aromatic carbocycles. The quantitative estimate of drug-likeness (QED) is 0.781. The summed E-state index contributed by atoms with van der Waals surface area (Å²) in [7, 11) is 0. The molecule has 16 heavy (non-hydrogen) atoms. The van der Waals surface area contributed by atoms with E-state index in [-0.39, 0.29) is 24.0 Å². The average Bonchev–Trinajstić information content (AvgIpc) is 2.89. The van der Waals surface area contributed by atoms with Crippen LogP contribution >= 0.6 is 35.7 Å². The lowest BCUT2D eigenvalue weighted by molar-refractivity contribution is 0.963. The maximum atomic E-state index is 4.37. The number of nitrogens with zero attached hydrogens (tertiary/aromatic N) is 1. The number of halogens is 1. The van der Waals surface area contributed by atoms with Crippen molar-refractivity contribution in [2.45, 2.75) is 4.90 Å². The number of para-hydroxylation sites is 1. The van der Waals surface area contributed by atoms with Crippen LogP contribution in [0.1, 0.15) is 0 Å². The van der Waals surface area contributed by atoms with E-state index >= 15 is 0 Å². The number of aliphatic imine (C=N–C) groups is 1. The molecule has 2 aromatic rings. The molecule has 1 aliphatic heterocycles. The van der Waals surface area contributed by atoms with Crippen molar-refractivity contribution in [1.82, 2.24) is 10.3 Å². The van der Waals surface area contributed by atoms with E-state index in [1.54, 1.807) is 11.8 Å². The van der Waals surface area contributed by atoms with E-state index in [1.807, 2.05) is 12.3 Å².